The molecule has 0 spiro atoms. The Bertz CT molecular complexity index is 505. The summed E-state index contributed by atoms with van der Waals surface area (Å²) < 4.78 is 17.9. The van der Waals surface area contributed by atoms with E-state index in [0.29, 0.717) is 23.7 Å². The molecular weight excluding hydrogens is 221 g/mol. The van der Waals surface area contributed by atoms with Gasteiger partial charge < -0.3 is 10.3 Å². The molecule has 0 saturated carbocycles. The highest BCUT2D eigenvalue weighted by molar-refractivity contribution is 5.53. The van der Waals surface area contributed by atoms with Gasteiger partial charge in [-0.2, -0.15) is 4.98 Å². The lowest BCUT2D eigenvalue weighted by molar-refractivity contribution is 0.291. The van der Waals surface area contributed by atoms with Crippen LogP contribution in [0, 0.1) is 5.82 Å². The predicted molar refractivity (Wildman–Crippen MR) is 61.5 cm³/mol. The Hall–Kier alpha value is -1.75. The standard InChI is InChI=1S/C12H14FN3O/c1-3-12(2,14)11-15-10(16-17-11)8-4-6-9(13)7-5-8/h4-7H,3,14H2,1-2H3. The fraction of sp³-hybridized carbons (Fsp3) is 0.333. The molecule has 1 aromatic heterocycles. The molecule has 0 aliphatic carbocycles. The molecule has 2 rings (SSSR count). The van der Waals surface area contributed by atoms with Gasteiger partial charge in [0.15, 0.2) is 0 Å². The van der Waals surface area contributed by atoms with Gasteiger partial charge in [0.2, 0.25) is 11.7 Å². The molecule has 1 unspecified atom stereocenters. The second-order valence-corrected chi connectivity index (χ2v) is 4.20. The van der Waals surface area contributed by atoms with Gasteiger partial charge in [-0.05, 0) is 37.6 Å². The minimum Gasteiger partial charge on any atom is -0.337 e. The van der Waals surface area contributed by atoms with Crippen LogP contribution in [0.25, 0.3) is 11.4 Å². The third kappa shape index (κ3) is 2.34. The van der Waals surface area contributed by atoms with Crippen LogP contribution in [0.5, 0.6) is 0 Å². The molecule has 0 aliphatic rings. The number of nitrogens with zero attached hydrogens (tertiary/aromatic N) is 2. The Morgan fingerprint density at radius 1 is 1.35 bits per heavy atom. The summed E-state index contributed by atoms with van der Waals surface area (Å²) in [7, 11) is 0. The number of aromatic nitrogens is 2. The van der Waals surface area contributed by atoms with E-state index in [4.69, 9.17) is 10.3 Å². The fourth-order valence-corrected chi connectivity index (χ4v) is 1.32. The number of hydrogen-bond donors (Lipinski definition) is 1. The summed E-state index contributed by atoms with van der Waals surface area (Å²) in [5, 5.41) is 3.84. The molecule has 0 fully saturated rings. The number of nitrogens with two attached hydrogens (primary N) is 1. The summed E-state index contributed by atoms with van der Waals surface area (Å²) in [5.74, 6) is 0.513. The van der Waals surface area contributed by atoms with Crippen molar-refractivity contribution in [3.8, 4) is 11.4 Å². The number of rotatable bonds is 3. The third-order valence-electron chi connectivity index (χ3n) is 2.75. The first-order chi connectivity index (χ1) is 8.03. The average molecular weight is 235 g/mol. The van der Waals surface area contributed by atoms with Gasteiger partial charge in [0.05, 0.1) is 5.54 Å². The highest BCUT2D eigenvalue weighted by Gasteiger charge is 2.26. The summed E-state index contributed by atoms with van der Waals surface area (Å²) in [4.78, 5) is 4.23. The van der Waals surface area contributed by atoms with Crippen molar-refractivity contribution in [1.82, 2.24) is 10.1 Å². The van der Waals surface area contributed by atoms with Crippen molar-refractivity contribution in [3.63, 3.8) is 0 Å². The maximum atomic E-state index is 12.8. The van der Waals surface area contributed by atoms with E-state index in [9.17, 15) is 4.39 Å². The largest absolute Gasteiger partial charge is 0.337 e. The van der Waals surface area contributed by atoms with Crippen LogP contribution in [0.3, 0.4) is 0 Å². The van der Waals surface area contributed by atoms with Gasteiger partial charge in [-0.3, -0.25) is 0 Å². The summed E-state index contributed by atoms with van der Waals surface area (Å²) >= 11 is 0. The SMILES string of the molecule is CCC(C)(N)c1nc(-c2ccc(F)cc2)no1. The zero-order valence-corrected chi connectivity index (χ0v) is 9.77. The second-order valence-electron chi connectivity index (χ2n) is 4.20. The van der Waals surface area contributed by atoms with Crippen molar-refractivity contribution < 1.29 is 8.91 Å². The molecule has 2 aromatic rings. The van der Waals surface area contributed by atoms with Crippen molar-refractivity contribution in [1.29, 1.82) is 0 Å². The number of benzene rings is 1. The van der Waals surface area contributed by atoms with Gasteiger partial charge in [0, 0.05) is 5.56 Å². The molecule has 1 heterocycles. The molecule has 1 aromatic carbocycles. The van der Waals surface area contributed by atoms with Crippen molar-refractivity contribution in [2.75, 3.05) is 0 Å². The maximum absolute atomic E-state index is 12.8. The molecule has 90 valence electrons. The molecule has 0 saturated heterocycles. The molecule has 0 bridgehead atoms. The minimum absolute atomic E-state index is 0.297. The summed E-state index contributed by atoms with van der Waals surface area (Å²) in [6.45, 7) is 3.77. The highest BCUT2D eigenvalue weighted by atomic mass is 19.1. The fourth-order valence-electron chi connectivity index (χ4n) is 1.32. The Kier molecular flexibility index (Phi) is 2.93. The van der Waals surface area contributed by atoms with E-state index < -0.39 is 5.54 Å². The monoisotopic (exact) mass is 235 g/mol. The minimum atomic E-state index is -0.634. The Morgan fingerprint density at radius 2 is 2.00 bits per heavy atom. The Morgan fingerprint density at radius 3 is 2.59 bits per heavy atom. The van der Waals surface area contributed by atoms with E-state index in [-0.39, 0.29) is 5.82 Å². The van der Waals surface area contributed by atoms with Gasteiger partial charge in [0.25, 0.3) is 0 Å². The Balaban J connectivity index is 2.33. The first kappa shape index (κ1) is 11.7. The average Bonchev–Trinajstić information content (AvgIpc) is 2.80. The first-order valence-electron chi connectivity index (χ1n) is 5.42. The van der Waals surface area contributed by atoms with E-state index in [0.717, 1.165) is 0 Å². The molecular formula is C12H14FN3O. The predicted octanol–water partition coefficient (Wildman–Crippen LogP) is 2.46. The third-order valence-corrected chi connectivity index (χ3v) is 2.75. The summed E-state index contributed by atoms with van der Waals surface area (Å²) in [6.07, 6.45) is 0.693. The van der Waals surface area contributed by atoms with Crippen LogP contribution in [-0.4, -0.2) is 10.1 Å². The second kappa shape index (κ2) is 4.25. The number of hydrogen-bond acceptors (Lipinski definition) is 4. The normalized spacial score (nSPS) is 14.6. The zero-order valence-electron chi connectivity index (χ0n) is 9.77. The van der Waals surface area contributed by atoms with Crippen LogP contribution in [0.4, 0.5) is 4.39 Å². The van der Waals surface area contributed by atoms with Gasteiger partial charge in [-0.1, -0.05) is 12.1 Å². The van der Waals surface area contributed by atoms with Gasteiger partial charge in [-0.25, -0.2) is 4.39 Å². The van der Waals surface area contributed by atoms with E-state index in [1.165, 1.54) is 12.1 Å². The lowest BCUT2D eigenvalue weighted by Gasteiger charge is -2.16. The topological polar surface area (TPSA) is 64.9 Å². The first-order valence-corrected chi connectivity index (χ1v) is 5.42. The van der Waals surface area contributed by atoms with Gasteiger partial charge >= 0.3 is 0 Å². The molecule has 17 heavy (non-hydrogen) atoms. The lowest BCUT2D eigenvalue weighted by Crippen LogP contribution is -2.32. The quantitative estimate of drug-likeness (QED) is 0.887. The van der Waals surface area contributed by atoms with Gasteiger partial charge in [0.1, 0.15) is 5.82 Å². The number of halogens is 1. The molecule has 4 nitrogen and oxygen atoms in total. The van der Waals surface area contributed by atoms with E-state index in [1.54, 1.807) is 12.1 Å². The summed E-state index contributed by atoms with van der Waals surface area (Å²) in [5.41, 5.74) is 6.07. The van der Waals surface area contributed by atoms with Crippen molar-refractivity contribution in [2.45, 2.75) is 25.8 Å². The van der Waals surface area contributed by atoms with Crippen molar-refractivity contribution in [3.05, 3.63) is 36.0 Å². The zero-order chi connectivity index (χ0) is 12.5. The molecule has 1 atom stereocenters. The van der Waals surface area contributed by atoms with Crippen LogP contribution < -0.4 is 5.73 Å². The van der Waals surface area contributed by atoms with E-state index >= 15 is 0 Å². The Labute approximate surface area is 98.6 Å². The van der Waals surface area contributed by atoms with Gasteiger partial charge in [-0.15, -0.1) is 0 Å². The van der Waals surface area contributed by atoms with Crippen LogP contribution in [0.1, 0.15) is 26.2 Å². The molecule has 2 N–H and O–H groups in total. The van der Waals surface area contributed by atoms with Crippen LogP contribution in [0.15, 0.2) is 28.8 Å². The molecule has 0 radical (unpaired) electrons. The molecule has 0 aliphatic heterocycles. The smallest absolute Gasteiger partial charge is 0.246 e. The molecule has 5 heteroatoms. The lowest BCUT2D eigenvalue weighted by atomic mass is 10.0. The summed E-state index contributed by atoms with van der Waals surface area (Å²) in [6, 6.07) is 5.91. The highest BCUT2D eigenvalue weighted by Crippen LogP contribution is 2.23. The maximum Gasteiger partial charge on any atom is 0.246 e. The van der Waals surface area contributed by atoms with Crippen LogP contribution in [-0.2, 0) is 5.54 Å². The van der Waals surface area contributed by atoms with E-state index in [2.05, 4.69) is 10.1 Å². The van der Waals surface area contributed by atoms with Crippen LogP contribution in [0.2, 0.25) is 0 Å². The van der Waals surface area contributed by atoms with E-state index in [1.807, 2.05) is 13.8 Å². The van der Waals surface area contributed by atoms with Crippen molar-refractivity contribution in [2.24, 2.45) is 5.73 Å². The molecule has 0 amide bonds. The van der Waals surface area contributed by atoms with Crippen molar-refractivity contribution >= 4 is 0 Å². The van der Waals surface area contributed by atoms with Crippen LogP contribution >= 0.6 is 0 Å².